The number of nitrogens with one attached hydrogen (secondary N) is 2. The molecule has 2 aromatic heterocycles. The molecular weight excluding hydrogens is 400 g/mol. The van der Waals surface area contributed by atoms with Gasteiger partial charge in [-0.1, -0.05) is 12.1 Å². The molecule has 2 N–H and O–H groups in total. The van der Waals surface area contributed by atoms with Crippen LogP contribution in [0.2, 0.25) is 0 Å². The van der Waals surface area contributed by atoms with E-state index >= 15 is 0 Å². The van der Waals surface area contributed by atoms with E-state index in [-0.39, 0.29) is 17.9 Å². The fraction of sp³-hybridized carbons (Fsp3) is 0.182. The topological polar surface area (TPSA) is 97.0 Å². The van der Waals surface area contributed by atoms with Crippen LogP contribution >= 0.6 is 11.3 Å². The maximum atomic E-state index is 12.4. The van der Waals surface area contributed by atoms with E-state index in [2.05, 4.69) is 26.3 Å². The minimum Gasteiger partial charge on any atom is -0.493 e. The molecule has 0 fully saturated rings. The van der Waals surface area contributed by atoms with Gasteiger partial charge in [0.25, 0.3) is 5.56 Å². The molecule has 0 unspecified atom stereocenters. The number of amides is 1. The number of fused-ring (bicyclic) bond motifs is 2. The average molecular weight is 418 g/mol. The van der Waals surface area contributed by atoms with Crippen molar-refractivity contribution in [2.45, 2.75) is 19.3 Å². The predicted octanol–water partition coefficient (Wildman–Crippen LogP) is 3.55. The van der Waals surface area contributed by atoms with Gasteiger partial charge in [0.05, 0.1) is 23.2 Å². The van der Waals surface area contributed by atoms with Gasteiger partial charge in [-0.05, 0) is 35.9 Å². The van der Waals surface area contributed by atoms with Gasteiger partial charge in [-0.2, -0.15) is 0 Å². The second-order valence-corrected chi connectivity index (χ2v) is 7.89. The summed E-state index contributed by atoms with van der Waals surface area (Å²) in [6.07, 6.45) is 1.45. The zero-order chi connectivity index (χ0) is 20.5. The molecule has 8 heteroatoms. The molecule has 2 aromatic carbocycles. The third-order valence-corrected chi connectivity index (χ3v) is 5.74. The van der Waals surface area contributed by atoms with E-state index in [0.717, 1.165) is 23.4 Å². The second-order valence-electron chi connectivity index (χ2n) is 7.04. The Bertz CT molecular complexity index is 1310. The number of anilines is 1. The van der Waals surface area contributed by atoms with Gasteiger partial charge in [0.15, 0.2) is 5.13 Å². The Morgan fingerprint density at radius 2 is 2.10 bits per heavy atom. The summed E-state index contributed by atoms with van der Waals surface area (Å²) in [6, 6.07) is 13.2. The fourth-order valence-corrected chi connectivity index (χ4v) is 4.21. The maximum Gasteiger partial charge on any atom is 0.258 e. The normalized spacial score (nSPS) is 12.5. The number of aromatic nitrogens is 3. The lowest BCUT2D eigenvalue weighted by Crippen LogP contribution is -2.16. The van der Waals surface area contributed by atoms with Crippen LogP contribution in [0, 0.1) is 0 Å². The van der Waals surface area contributed by atoms with Crippen LogP contribution in [0.15, 0.2) is 52.6 Å². The molecule has 0 bridgehead atoms. The molecule has 0 spiro atoms. The highest BCUT2D eigenvalue weighted by Gasteiger charge is 2.15. The number of carbonyl (C=O) groups excluding carboxylic acids is 1. The molecule has 0 atom stereocenters. The van der Waals surface area contributed by atoms with Crippen LogP contribution in [0.3, 0.4) is 0 Å². The van der Waals surface area contributed by atoms with Crippen molar-refractivity contribution in [3.63, 3.8) is 0 Å². The van der Waals surface area contributed by atoms with E-state index in [0.29, 0.717) is 34.9 Å². The Labute approximate surface area is 175 Å². The molecule has 1 amide bonds. The molecule has 1 aliphatic rings. The van der Waals surface area contributed by atoms with Crippen molar-refractivity contribution < 1.29 is 9.53 Å². The molecule has 30 heavy (non-hydrogen) atoms. The smallest absolute Gasteiger partial charge is 0.258 e. The number of aromatic amines is 1. The van der Waals surface area contributed by atoms with Crippen LogP contribution < -0.4 is 15.6 Å². The van der Waals surface area contributed by atoms with Crippen LogP contribution in [0.25, 0.3) is 22.2 Å². The average Bonchev–Trinajstić information content (AvgIpc) is 3.41. The highest BCUT2D eigenvalue weighted by molar-refractivity contribution is 7.14. The van der Waals surface area contributed by atoms with Crippen LogP contribution in [-0.4, -0.2) is 27.5 Å². The lowest BCUT2D eigenvalue weighted by atomic mass is 10.1. The number of hydrogen-bond donors (Lipinski definition) is 2. The number of benzene rings is 2. The van der Waals surface area contributed by atoms with Crippen LogP contribution in [0.5, 0.6) is 5.75 Å². The molecule has 0 radical (unpaired) electrons. The van der Waals surface area contributed by atoms with Gasteiger partial charge in [0, 0.05) is 30.2 Å². The van der Waals surface area contributed by atoms with E-state index in [1.54, 1.807) is 18.2 Å². The fourth-order valence-electron chi connectivity index (χ4n) is 3.48. The Morgan fingerprint density at radius 1 is 1.20 bits per heavy atom. The lowest BCUT2D eigenvalue weighted by molar-refractivity contribution is -0.116. The van der Waals surface area contributed by atoms with Gasteiger partial charge in [0.2, 0.25) is 5.91 Å². The molecule has 4 aromatic rings. The van der Waals surface area contributed by atoms with Gasteiger partial charge >= 0.3 is 0 Å². The molecule has 7 nitrogen and oxygen atoms in total. The molecule has 3 heterocycles. The number of carbonyl (C=O) groups is 1. The first-order valence-corrected chi connectivity index (χ1v) is 10.5. The SMILES string of the molecule is O=C(CCc1nc2ccccc2c(=O)[nH]1)Nc1nc(-c2ccc3c(c2)CCO3)cs1. The molecule has 1 aliphatic heterocycles. The summed E-state index contributed by atoms with van der Waals surface area (Å²) in [7, 11) is 0. The summed E-state index contributed by atoms with van der Waals surface area (Å²) >= 11 is 1.38. The van der Waals surface area contributed by atoms with E-state index in [4.69, 9.17) is 4.74 Å². The number of hydrogen-bond acceptors (Lipinski definition) is 6. The summed E-state index contributed by atoms with van der Waals surface area (Å²) in [4.78, 5) is 36.2. The van der Waals surface area contributed by atoms with Crippen molar-refractivity contribution in [3.8, 4) is 17.0 Å². The number of ether oxygens (including phenoxy) is 1. The lowest BCUT2D eigenvalue weighted by Gasteiger charge is -2.04. The van der Waals surface area contributed by atoms with Crippen molar-refractivity contribution in [2.24, 2.45) is 0 Å². The number of para-hydroxylation sites is 1. The van der Waals surface area contributed by atoms with E-state index in [1.807, 2.05) is 23.6 Å². The first kappa shape index (κ1) is 18.5. The van der Waals surface area contributed by atoms with E-state index in [1.165, 1.54) is 16.9 Å². The zero-order valence-electron chi connectivity index (χ0n) is 16.0. The largest absolute Gasteiger partial charge is 0.493 e. The summed E-state index contributed by atoms with van der Waals surface area (Å²) < 4.78 is 5.54. The minimum atomic E-state index is -0.194. The summed E-state index contributed by atoms with van der Waals surface area (Å²) in [6.45, 7) is 0.717. The highest BCUT2D eigenvalue weighted by atomic mass is 32.1. The zero-order valence-corrected chi connectivity index (χ0v) is 16.8. The highest BCUT2D eigenvalue weighted by Crippen LogP contribution is 2.31. The summed E-state index contributed by atoms with van der Waals surface area (Å²) in [5.41, 5.74) is 3.45. The van der Waals surface area contributed by atoms with Gasteiger partial charge < -0.3 is 15.0 Å². The Kier molecular flexibility index (Phi) is 4.76. The third-order valence-electron chi connectivity index (χ3n) is 4.99. The van der Waals surface area contributed by atoms with Crippen LogP contribution in [0.1, 0.15) is 17.8 Å². The second kappa shape index (κ2) is 7.72. The van der Waals surface area contributed by atoms with Gasteiger partial charge in [-0.25, -0.2) is 9.97 Å². The quantitative estimate of drug-likeness (QED) is 0.517. The van der Waals surface area contributed by atoms with E-state index < -0.39 is 0 Å². The molecule has 5 rings (SSSR count). The number of aryl methyl sites for hydroxylation is 1. The van der Waals surface area contributed by atoms with Crippen molar-refractivity contribution in [1.82, 2.24) is 15.0 Å². The van der Waals surface area contributed by atoms with Gasteiger partial charge in [0.1, 0.15) is 11.6 Å². The van der Waals surface area contributed by atoms with Crippen molar-refractivity contribution in [2.75, 3.05) is 11.9 Å². The summed E-state index contributed by atoms with van der Waals surface area (Å²) in [5, 5.41) is 5.85. The van der Waals surface area contributed by atoms with Crippen molar-refractivity contribution in [1.29, 1.82) is 0 Å². The summed E-state index contributed by atoms with van der Waals surface area (Å²) in [5.74, 6) is 1.26. The number of H-pyrrole nitrogens is 1. The minimum absolute atomic E-state index is 0.172. The Morgan fingerprint density at radius 3 is 3.03 bits per heavy atom. The van der Waals surface area contributed by atoms with E-state index in [9.17, 15) is 9.59 Å². The van der Waals surface area contributed by atoms with Crippen LogP contribution in [-0.2, 0) is 17.6 Å². The third kappa shape index (κ3) is 3.69. The number of thiazole rings is 1. The molecule has 150 valence electrons. The molecule has 0 aliphatic carbocycles. The Balaban J connectivity index is 1.24. The number of rotatable bonds is 5. The monoisotopic (exact) mass is 418 g/mol. The first-order valence-electron chi connectivity index (χ1n) is 9.65. The molecule has 0 saturated carbocycles. The number of nitrogens with zero attached hydrogens (tertiary/aromatic N) is 2. The van der Waals surface area contributed by atoms with Gasteiger partial charge in [-0.3, -0.25) is 9.59 Å². The maximum absolute atomic E-state index is 12.4. The predicted molar refractivity (Wildman–Crippen MR) is 116 cm³/mol. The van der Waals surface area contributed by atoms with Crippen molar-refractivity contribution >= 4 is 33.3 Å². The molecular formula is C22H18N4O3S. The van der Waals surface area contributed by atoms with Gasteiger partial charge in [-0.15, -0.1) is 11.3 Å². The first-order chi connectivity index (χ1) is 14.7. The Hall–Kier alpha value is -3.52. The van der Waals surface area contributed by atoms with Crippen molar-refractivity contribution in [3.05, 3.63) is 69.6 Å². The van der Waals surface area contributed by atoms with Crippen LogP contribution in [0.4, 0.5) is 5.13 Å². The molecule has 0 saturated heterocycles. The standard InChI is InChI=1S/C22H18N4O3S/c27-20(8-7-19-23-16-4-2-1-3-15(16)21(28)25-19)26-22-24-17(12-30-22)13-5-6-18-14(11-13)9-10-29-18/h1-6,11-12H,7-10H2,(H,23,25,28)(H,24,26,27).